The highest BCUT2D eigenvalue weighted by atomic mass is 28.4. The van der Waals surface area contributed by atoms with Crippen molar-refractivity contribution < 1.29 is 13.6 Å². The molecular weight excluding hydrogens is 334 g/mol. The van der Waals surface area contributed by atoms with Gasteiger partial charge >= 0.3 is 0 Å². The first-order valence-electron chi connectivity index (χ1n) is 8.86. The average Bonchev–Trinajstić information content (AvgIpc) is 2.30. The van der Waals surface area contributed by atoms with Crippen LogP contribution in [0.4, 0.5) is 0 Å². The first-order chi connectivity index (χ1) is 10.2. The molecule has 0 bridgehead atoms. The Kier molecular flexibility index (Phi) is 7.16. The van der Waals surface area contributed by atoms with Crippen molar-refractivity contribution in [2.45, 2.75) is 97.8 Å². The van der Waals surface area contributed by atoms with E-state index < -0.39 is 34.1 Å². The van der Waals surface area contributed by atoms with Gasteiger partial charge in [-0.1, -0.05) is 55.4 Å². The van der Waals surface area contributed by atoms with Crippen molar-refractivity contribution in [3.8, 4) is 0 Å². The van der Waals surface area contributed by atoms with Crippen LogP contribution in [0.2, 0.25) is 36.3 Å². The summed E-state index contributed by atoms with van der Waals surface area (Å²) in [5.41, 5.74) is 5.25. The van der Waals surface area contributed by atoms with Gasteiger partial charge in [-0.3, -0.25) is 4.79 Å². The molecule has 0 aromatic carbocycles. The Morgan fingerprint density at radius 3 is 1.54 bits per heavy atom. The minimum atomic E-state index is -2.10. The lowest BCUT2D eigenvalue weighted by Crippen LogP contribution is -2.55. The molecular formula is C18H41NO3Si2. The zero-order chi connectivity index (χ0) is 19.8. The molecule has 144 valence electrons. The van der Waals surface area contributed by atoms with E-state index in [1.54, 1.807) is 0 Å². The zero-order valence-corrected chi connectivity index (χ0v) is 20.1. The van der Waals surface area contributed by atoms with Crippen molar-refractivity contribution >= 4 is 22.5 Å². The molecule has 0 aliphatic heterocycles. The summed E-state index contributed by atoms with van der Waals surface area (Å²) in [6.07, 6.45) is -0.636. The predicted molar refractivity (Wildman–Crippen MR) is 108 cm³/mol. The lowest BCUT2D eigenvalue weighted by Gasteiger charge is -2.44. The van der Waals surface area contributed by atoms with Crippen molar-refractivity contribution in [3.63, 3.8) is 0 Å². The maximum absolute atomic E-state index is 12.1. The van der Waals surface area contributed by atoms with Gasteiger partial charge in [-0.05, 0) is 36.3 Å². The van der Waals surface area contributed by atoms with E-state index in [2.05, 4.69) is 67.7 Å². The number of carbonyl (C=O) groups is 1. The molecule has 0 saturated carbocycles. The minimum absolute atomic E-state index is 0.0249. The molecule has 0 saturated heterocycles. The van der Waals surface area contributed by atoms with E-state index in [0.29, 0.717) is 6.61 Å². The van der Waals surface area contributed by atoms with Crippen molar-refractivity contribution in [1.29, 1.82) is 0 Å². The van der Waals surface area contributed by atoms with E-state index in [1.165, 1.54) is 0 Å². The fraction of sp³-hybridized carbons (Fsp3) is 0.944. The van der Waals surface area contributed by atoms with E-state index in [9.17, 15) is 4.79 Å². The van der Waals surface area contributed by atoms with Crippen LogP contribution < -0.4 is 5.73 Å². The van der Waals surface area contributed by atoms with Crippen molar-refractivity contribution in [1.82, 2.24) is 0 Å². The minimum Gasteiger partial charge on any atom is -0.416 e. The third kappa shape index (κ3) is 5.97. The molecule has 1 atom stereocenters. The molecule has 0 aromatic rings. The number of hydrogen-bond acceptors (Lipinski definition) is 3. The maximum atomic E-state index is 12.1. The van der Waals surface area contributed by atoms with Crippen LogP contribution in [0.5, 0.6) is 0 Å². The molecule has 1 unspecified atom stereocenters. The second kappa shape index (κ2) is 7.21. The van der Waals surface area contributed by atoms with Gasteiger partial charge in [0, 0.05) is 12.0 Å². The predicted octanol–water partition coefficient (Wildman–Crippen LogP) is 4.91. The highest BCUT2D eigenvalue weighted by Gasteiger charge is 2.46. The van der Waals surface area contributed by atoms with E-state index >= 15 is 0 Å². The standard InChI is InChI=1S/C18H41NO3Si2/c1-16(2,3)23(9,10)21-13-18(7,8)14(15(19)20)22-24(11,12)17(4,5)6/h14H,13H2,1-12H3,(H2,19,20). The maximum Gasteiger partial charge on any atom is 0.245 e. The molecule has 6 heteroatoms. The summed E-state index contributed by atoms with van der Waals surface area (Å²) in [6.45, 7) is 26.4. The van der Waals surface area contributed by atoms with Gasteiger partial charge < -0.3 is 14.6 Å². The third-order valence-corrected chi connectivity index (χ3v) is 14.7. The number of hydrogen-bond donors (Lipinski definition) is 1. The van der Waals surface area contributed by atoms with Crippen LogP contribution in [-0.2, 0) is 13.6 Å². The van der Waals surface area contributed by atoms with Crippen LogP contribution in [0.3, 0.4) is 0 Å². The van der Waals surface area contributed by atoms with Crippen LogP contribution in [0, 0.1) is 5.41 Å². The number of rotatable bonds is 7. The number of carbonyl (C=O) groups excluding carboxylic acids is 1. The Hall–Kier alpha value is -0.176. The van der Waals surface area contributed by atoms with Crippen molar-refractivity contribution in [3.05, 3.63) is 0 Å². The lowest BCUT2D eigenvalue weighted by atomic mass is 9.87. The fourth-order valence-electron chi connectivity index (χ4n) is 1.73. The fourth-order valence-corrected chi connectivity index (χ4v) is 4.28. The molecule has 0 heterocycles. The van der Waals surface area contributed by atoms with Gasteiger partial charge in [0.2, 0.25) is 5.91 Å². The Labute approximate surface area is 152 Å². The summed E-state index contributed by atoms with van der Waals surface area (Å²) in [6, 6.07) is 0. The molecule has 2 N–H and O–H groups in total. The largest absolute Gasteiger partial charge is 0.416 e. The van der Waals surface area contributed by atoms with Gasteiger partial charge in [-0.25, -0.2) is 0 Å². The van der Waals surface area contributed by atoms with E-state index in [4.69, 9.17) is 14.6 Å². The highest BCUT2D eigenvalue weighted by Crippen LogP contribution is 2.41. The Bertz CT molecular complexity index is 446. The van der Waals surface area contributed by atoms with Gasteiger partial charge in [0.05, 0.1) is 0 Å². The molecule has 0 aliphatic rings. The second-order valence-corrected chi connectivity index (χ2v) is 20.3. The number of nitrogens with two attached hydrogens (primary N) is 1. The molecule has 0 fully saturated rings. The molecule has 4 nitrogen and oxygen atoms in total. The monoisotopic (exact) mass is 375 g/mol. The summed E-state index contributed by atoms with van der Waals surface area (Å²) in [4.78, 5) is 12.1. The zero-order valence-electron chi connectivity index (χ0n) is 18.1. The topological polar surface area (TPSA) is 61.6 Å². The quantitative estimate of drug-likeness (QED) is 0.643. The van der Waals surface area contributed by atoms with E-state index in [-0.39, 0.29) is 10.1 Å². The molecule has 0 rings (SSSR count). The summed E-state index contributed by atoms with van der Waals surface area (Å²) >= 11 is 0. The molecule has 0 spiro atoms. The number of primary amides is 1. The smallest absolute Gasteiger partial charge is 0.245 e. The first kappa shape index (κ1) is 23.8. The summed E-state index contributed by atoms with van der Waals surface area (Å²) in [7, 11) is -3.98. The Morgan fingerprint density at radius 2 is 1.25 bits per heavy atom. The SMILES string of the molecule is CC(C)(CO[Si](C)(C)C(C)(C)C)C(O[Si](C)(C)C(C)(C)C)C(N)=O. The van der Waals surface area contributed by atoms with Gasteiger partial charge in [0.1, 0.15) is 6.10 Å². The molecule has 0 aromatic heterocycles. The average molecular weight is 376 g/mol. The number of amides is 1. The van der Waals surface area contributed by atoms with Crippen LogP contribution in [-0.4, -0.2) is 35.3 Å². The van der Waals surface area contributed by atoms with Crippen LogP contribution in [0.1, 0.15) is 55.4 Å². The van der Waals surface area contributed by atoms with E-state index in [1.807, 2.05) is 13.8 Å². The van der Waals surface area contributed by atoms with Crippen molar-refractivity contribution in [2.24, 2.45) is 11.1 Å². The molecule has 1 amide bonds. The van der Waals surface area contributed by atoms with Gasteiger partial charge in [-0.2, -0.15) is 0 Å². The third-order valence-electron chi connectivity index (χ3n) is 5.80. The summed E-state index contributed by atoms with van der Waals surface area (Å²) < 4.78 is 12.7. The Morgan fingerprint density at radius 1 is 0.875 bits per heavy atom. The van der Waals surface area contributed by atoms with Crippen molar-refractivity contribution in [2.75, 3.05) is 6.61 Å². The van der Waals surface area contributed by atoms with Gasteiger partial charge in [-0.15, -0.1) is 0 Å². The molecule has 24 heavy (non-hydrogen) atoms. The van der Waals surface area contributed by atoms with Gasteiger partial charge in [0.25, 0.3) is 0 Å². The highest BCUT2D eigenvalue weighted by molar-refractivity contribution is 6.74. The first-order valence-corrected chi connectivity index (χ1v) is 14.7. The normalized spacial score (nSPS) is 16.2. The van der Waals surface area contributed by atoms with Gasteiger partial charge in [0.15, 0.2) is 16.6 Å². The molecule has 0 aliphatic carbocycles. The van der Waals surface area contributed by atoms with Crippen LogP contribution in [0.25, 0.3) is 0 Å². The van der Waals surface area contributed by atoms with Crippen LogP contribution in [0.15, 0.2) is 0 Å². The summed E-state index contributed by atoms with van der Waals surface area (Å²) in [5.74, 6) is -0.399. The Balaban J connectivity index is 5.35. The second-order valence-electron chi connectivity index (χ2n) is 10.7. The lowest BCUT2D eigenvalue weighted by molar-refractivity contribution is -0.132. The summed E-state index contributed by atoms with van der Waals surface area (Å²) in [5, 5.41) is 0.155. The van der Waals surface area contributed by atoms with Crippen LogP contribution >= 0.6 is 0 Å². The molecule has 0 radical (unpaired) electrons. The van der Waals surface area contributed by atoms with E-state index in [0.717, 1.165) is 0 Å².